The number of aliphatic carboxylic acids is 1. The first-order chi connectivity index (χ1) is 10.1. The lowest BCUT2D eigenvalue weighted by Crippen LogP contribution is -2.23. The van der Waals surface area contributed by atoms with Gasteiger partial charge in [-0.3, -0.25) is 4.90 Å². The second-order valence-corrected chi connectivity index (χ2v) is 4.68. The lowest BCUT2D eigenvalue weighted by atomic mass is 10.1. The highest BCUT2D eigenvalue weighted by molar-refractivity contribution is 5.85. The number of rotatable bonds is 9. The summed E-state index contributed by atoms with van der Waals surface area (Å²) in [5.41, 5.74) is 1.86. The van der Waals surface area contributed by atoms with Crippen molar-refractivity contribution in [3.05, 3.63) is 35.4 Å². The molecular formula is C16H23NO4. The van der Waals surface area contributed by atoms with E-state index < -0.39 is 5.97 Å². The fraction of sp³-hybridized carbons (Fsp3) is 0.438. The molecular weight excluding hydrogens is 270 g/mol. The Morgan fingerprint density at radius 1 is 1.43 bits per heavy atom. The maximum absolute atomic E-state index is 10.6. The van der Waals surface area contributed by atoms with Gasteiger partial charge in [0.15, 0.2) is 0 Å². The van der Waals surface area contributed by atoms with E-state index >= 15 is 0 Å². The van der Waals surface area contributed by atoms with Crippen LogP contribution >= 0.6 is 0 Å². The summed E-state index contributed by atoms with van der Waals surface area (Å²) in [5.74, 6) is -0.160. The minimum Gasteiger partial charge on any atom is -0.496 e. The van der Waals surface area contributed by atoms with Crippen LogP contribution in [0.2, 0.25) is 0 Å². The standard InChI is InChI=1S/C16H23NO4/c1-4-21-10-9-17(2)12-14-11-13(6-8-16(18)19)5-7-15(14)20-3/h5-8,11H,4,9-10,12H2,1-3H3,(H,18,19)/b8-6+. The lowest BCUT2D eigenvalue weighted by Gasteiger charge is -2.18. The van der Waals surface area contributed by atoms with Gasteiger partial charge in [0.2, 0.25) is 0 Å². The minimum atomic E-state index is -0.957. The zero-order valence-electron chi connectivity index (χ0n) is 12.8. The number of ether oxygens (including phenoxy) is 2. The van der Waals surface area contributed by atoms with Crippen LogP contribution in [-0.2, 0) is 16.1 Å². The van der Waals surface area contributed by atoms with Crippen molar-refractivity contribution >= 4 is 12.0 Å². The second-order valence-electron chi connectivity index (χ2n) is 4.68. The summed E-state index contributed by atoms with van der Waals surface area (Å²) in [6.45, 7) is 4.92. The Labute approximate surface area is 125 Å². The summed E-state index contributed by atoms with van der Waals surface area (Å²) < 4.78 is 10.7. The van der Waals surface area contributed by atoms with Crippen LogP contribution in [0.3, 0.4) is 0 Å². The number of carboxylic acids is 1. The van der Waals surface area contributed by atoms with Gasteiger partial charge < -0.3 is 14.6 Å². The van der Waals surface area contributed by atoms with Crippen molar-refractivity contribution in [3.8, 4) is 5.75 Å². The number of benzene rings is 1. The van der Waals surface area contributed by atoms with Crippen molar-refractivity contribution in [2.45, 2.75) is 13.5 Å². The summed E-state index contributed by atoms with van der Waals surface area (Å²) in [7, 11) is 3.64. The largest absolute Gasteiger partial charge is 0.496 e. The quantitative estimate of drug-likeness (QED) is 0.559. The third kappa shape index (κ3) is 6.42. The van der Waals surface area contributed by atoms with Crippen molar-refractivity contribution in [3.63, 3.8) is 0 Å². The van der Waals surface area contributed by atoms with E-state index in [4.69, 9.17) is 14.6 Å². The lowest BCUT2D eigenvalue weighted by molar-refractivity contribution is -0.131. The Balaban J connectivity index is 2.77. The van der Waals surface area contributed by atoms with Crippen LogP contribution in [0.25, 0.3) is 6.08 Å². The van der Waals surface area contributed by atoms with Crippen LogP contribution in [0, 0.1) is 0 Å². The minimum absolute atomic E-state index is 0.688. The Hall–Kier alpha value is -1.85. The first-order valence-corrected chi connectivity index (χ1v) is 6.91. The molecule has 0 atom stereocenters. The van der Waals surface area contributed by atoms with Gasteiger partial charge in [-0.1, -0.05) is 6.07 Å². The molecule has 0 aliphatic heterocycles. The predicted molar refractivity (Wildman–Crippen MR) is 82.5 cm³/mol. The van der Waals surface area contributed by atoms with E-state index in [0.29, 0.717) is 19.8 Å². The Morgan fingerprint density at radius 3 is 2.81 bits per heavy atom. The van der Waals surface area contributed by atoms with Gasteiger partial charge in [-0.25, -0.2) is 4.79 Å². The van der Waals surface area contributed by atoms with E-state index in [2.05, 4.69) is 4.90 Å². The third-order valence-electron chi connectivity index (χ3n) is 2.98. The molecule has 0 unspecified atom stereocenters. The van der Waals surface area contributed by atoms with E-state index in [1.165, 1.54) is 0 Å². The van der Waals surface area contributed by atoms with E-state index in [0.717, 1.165) is 29.5 Å². The molecule has 0 aliphatic carbocycles. The molecule has 1 aromatic carbocycles. The van der Waals surface area contributed by atoms with E-state index in [1.807, 2.05) is 32.2 Å². The molecule has 0 saturated heterocycles. The molecule has 5 nitrogen and oxygen atoms in total. The number of carboxylic acid groups (broad SMARTS) is 1. The fourth-order valence-electron chi connectivity index (χ4n) is 1.93. The highest BCUT2D eigenvalue weighted by Crippen LogP contribution is 2.22. The van der Waals surface area contributed by atoms with E-state index in [1.54, 1.807) is 13.2 Å². The Kier molecular flexibility index (Phi) is 7.50. The maximum atomic E-state index is 10.6. The van der Waals surface area contributed by atoms with E-state index in [9.17, 15) is 4.79 Å². The zero-order valence-corrected chi connectivity index (χ0v) is 12.8. The molecule has 0 saturated carbocycles. The smallest absolute Gasteiger partial charge is 0.328 e. The number of nitrogens with zero attached hydrogens (tertiary/aromatic N) is 1. The van der Waals surface area contributed by atoms with Crippen molar-refractivity contribution < 1.29 is 19.4 Å². The normalized spacial score (nSPS) is 11.2. The zero-order chi connectivity index (χ0) is 15.7. The van der Waals surface area contributed by atoms with Gasteiger partial charge in [0, 0.05) is 31.3 Å². The highest BCUT2D eigenvalue weighted by Gasteiger charge is 2.07. The molecule has 1 aromatic rings. The molecule has 0 aromatic heterocycles. The molecule has 21 heavy (non-hydrogen) atoms. The molecule has 1 N–H and O–H groups in total. The van der Waals surface area contributed by atoms with Gasteiger partial charge in [-0.05, 0) is 37.7 Å². The summed E-state index contributed by atoms with van der Waals surface area (Å²) >= 11 is 0. The molecule has 0 amide bonds. The predicted octanol–water partition coefficient (Wildman–Crippen LogP) is 2.26. The summed E-state index contributed by atoms with van der Waals surface area (Å²) in [6, 6.07) is 5.63. The third-order valence-corrected chi connectivity index (χ3v) is 2.98. The van der Waals surface area contributed by atoms with Crippen molar-refractivity contribution in [2.24, 2.45) is 0 Å². The first-order valence-electron chi connectivity index (χ1n) is 6.91. The molecule has 0 bridgehead atoms. The average molecular weight is 293 g/mol. The summed E-state index contributed by atoms with van der Waals surface area (Å²) in [5, 5.41) is 8.68. The monoisotopic (exact) mass is 293 g/mol. The number of likely N-dealkylation sites (N-methyl/N-ethyl adjacent to an activating group) is 1. The molecule has 5 heteroatoms. The van der Waals surface area contributed by atoms with Crippen molar-refractivity contribution in [1.29, 1.82) is 0 Å². The molecule has 116 valence electrons. The molecule has 0 radical (unpaired) electrons. The van der Waals surface area contributed by atoms with Gasteiger partial charge in [-0.15, -0.1) is 0 Å². The van der Waals surface area contributed by atoms with Crippen molar-refractivity contribution in [1.82, 2.24) is 4.90 Å². The molecule has 0 aliphatic rings. The summed E-state index contributed by atoms with van der Waals surface area (Å²) in [6.07, 6.45) is 2.70. The summed E-state index contributed by atoms with van der Waals surface area (Å²) in [4.78, 5) is 12.7. The van der Waals surface area contributed by atoms with Gasteiger partial charge >= 0.3 is 5.97 Å². The average Bonchev–Trinajstić information content (AvgIpc) is 2.45. The molecule has 0 spiro atoms. The Bertz CT molecular complexity index is 485. The van der Waals surface area contributed by atoms with Crippen LogP contribution in [-0.4, -0.2) is 49.9 Å². The van der Waals surface area contributed by atoms with Gasteiger partial charge in [0.05, 0.1) is 13.7 Å². The van der Waals surface area contributed by atoms with Gasteiger partial charge in [0.1, 0.15) is 5.75 Å². The second kappa shape index (κ2) is 9.15. The van der Waals surface area contributed by atoms with Gasteiger partial charge in [-0.2, -0.15) is 0 Å². The van der Waals surface area contributed by atoms with E-state index in [-0.39, 0.29) is 0 Å². The number of carbonyl (C=O) groups is 1. The fourth-order valence-corrected chi connectivity index (χ4v) is 1.93. The van der Waals surface area contributed by atoms with Crippen LogP contribution in [0.1, 0.15) is 18.1 Å². The van der Waals surface area contributed by atoms with Crippen LogP contribution in [0.5, 0.6) is 5.75 Å². The topological polar surface area (TPSA) is 59.0 Å². The number of methoxy groups -OCH3 is 1. The Morgan fingerprint density at radius 2 is 2.19 bits per heavy atom. The molecule has 0 heterocycles. The molecule has 1 rings (SSSR count). The number of hydrogen-bond acceptors (Lipinski definition) is 4. The maximum Gasteiger partial charge on any atom is 0.328 e. The van der Waals surface area contributed by atoms with Crippen molar-refractivity contribution in [2.75, 3.05) is 33.9 Å². The highest BCUT2D eigenvalue weighted by atomic mass is 16.5. The SMILES string of the molecule is CCOCCN(C)Cc1cc(/C=C/C(=O)O)ccc1OC. The molecule has 0 fully saturated rings. The number of hydrogen-bond donors (Lipinski definition) is 1. The van der Waals surface area contributed by atoms with Crippen LogP contribution < -0.4 is 4.74 Å². The van der Waals surface area contributed by atoms with Crippen LogP contribution in [0.15, 0.2) is 24.3 Å². The first kappa shape index (κ1) is 17.2. The van der Waals surface area contributed by atoms with Crippen LogP contribution in [0.4, 0.5) is 0 Å². The van der Waals surface area contributed by atoms with Gasteiger partial charge in [0.25, 0.3) is 0 Å².